The van der Waals surface area contributed by atoms with Gasteiger partial charge in [-0.1, -0.05) is 29.8 Å². The van der Waals surface area contributed by atoms with Crippen molar-refractivity contribution in [1.82, 2.24) is 15.1 Å². The first-order valence-corrected chi connectivity index (χ1v) is 9.62. The first-order chi connectivity index (χ1) is 13.2. The van der Waals surface area contributed by atoms with E-state index >= 15 is 0 Å². The minimum absolute atomic E-state index is 0.201. The van der Waals surface area contributed by atoms with Crippen molar-refractivity contribution in [2.75, 3.05) is 13.1 Å². The summed E-state index contributed by atoms with van der Waals surface area (Å²) < 4.78 is 5.94. The van der Waals surface area contributed by atoms with Crippen LogP contribution in [0, 0.1) is 6.92 Å². The molecule has 1 aliphatic heterocycles. The molecule has 1 fully saturated rings. The van der Waals surface area contributed by atoms with E-state index < -0.39 is 0 Å². The Kier molecular flexibility index (Phi) is 5.10. The van der Waals surface area contributed by atoms with E-state index in [9.17, 15) is 4.79 Å². The van der Waals surface area contributed by atoms with Gasteiger partial charge >= 0.3 is 0 Å². The van der Waals surface area contributed by atoms with Gasteiger partial charge < -0.3 is 9.32 Å². The van der Waals surface area contributed by atoms with E-state index in [1.807, 2.05) is 23.1 Å². The molecule has 3 aromatic rings. The lowest BCUT2D eigenvalue weighted by Crippen LogP contribution is -2.39. The summed E-state index contributed by atoms with van der Waals surface area (Å²) in [5.41, 5.74) is 3.42. The normalized spacial score (nSPS) is 17.2. The van der Waals surface area contributed by atoms with Crippen LogP contribution in [-0.2, 0) is 11.2 Å². The van der Waals surface area contributed by atoms with Crippen LogP contribution < -0.4 is 0 Å². The number of benzene rings is 1. The van der Waals surface area contributed by atoms with Crippen LogP contribution in [-0.4, -0.2) is 34.1 Å². The number of carbonyl (C=O) groups excluding carboxylic acids is 1. The summed E-state index contributed by atoms with van der Waals surface area (Å²) in [4.78, 5) is 14.6. The van der Waals surface area contributed by atoms with Gasteiger partial charge in [-0.3, -0.25) is 9.89 Å². The quantitative estimate of drug-likeness (QED) is 0.734. The second-order valence-electron chi connectivity index (χ2n) is 7.32. The zero-order chi connectivity index (χ0) is 18.6. The molecule has 3 heterocycles. The summed E-state index contributed by atoms with van der Waals surface area (Å²) in [6.07, 6.45) is 5.03. The van der Waals surface area contributed by atoms with E-state index in [1.165, 1.54) is 5.56 Å². The van der Waals surface area contributed by atoms with E-state index in [2.05, 4.69) is 41.4 Å². The van der Waals surface area contributed by atoms with Crippen molar-refractivity contribution >= 4 is 5.91 Å². The molecule has 0 aliphatic carbocycles. The number of aromatic amines is 1. The van der Waals surface area contributed by atoms with E-state index in [4.69, 9.17) is 4.42 Å². The summed E-state index contributed by atoms with van der Waals surface area (Å²) in [6, 6.07) is 14.2. The Labute approximate surface area is 159 Å². The average molecular weight is 363 g/mol. The minimum atomic E-state index is 0.201. The number of piperidine rings is 1. The predicted octanol–water partition coefficient (Wildman–Crippen LogP) is 4.32. The Morgan fingerprint density at radius 3 is 2.85 bits per heavy atom. The Hall–Kier alpha value is -2.82. The summed E-state index contributed by atoms with van der Waals surface area (Å²) in [6.45, 7) is 3.69. The number of hydrogen-bond donors (Lipinski definition) is 1. The Bertz CT molecular complexity index is 881. The first kappa shape index (κ1) is 17.6. The van der Waals surface area contributed by atoms with Gasteiger partial charge in [-0.25, -0.2) is 0 Å². The number of aromatic nitrogens is 2. The number of nitrogens with zero attached hydrogens (tertiary/aromatic N) is 2. The largest absolute Gasteiger partial charge is 0.461 e. The molecule has 1 atom stereocenters. The van der Waals surface area contributed by atoms with Crippen molar-refractivity contribution in [3.8, 4) is 11.3 Å². The van der Waals surface area contributed by atoms with Crippen molar-refractivity contribution < 1.29 is 9.21 Å². The summed E-state index contributed by atoms with van der Waals surface area (Å²) in [5, 5.41) is 7.08. The van der Waals surface area contributed by atoms with Crippen LogP contribution in [0.5, 0.6) is 0 Å². The Balaban J connectivity index is 1.33. The summed E-state index contributed by atoms with van der Waals surface area (Å²) in [7, 11) is 0. The SMILES string of the molecule is Cc1ccc(-c2ccc(CCC(=O)N3CCC[C@@H](c4ccn[nH]4)C3)o2)cc1. The lowest BCUT2D eigenvalue weighted by molar-refractivity contribution is -0.132. The summed E-state index contributed by atoms with van der Waals surface area (Å²) in [5.74, 6) is 2.28. The van der Waals surface area contributed by atoms with Gasteiger partial charge in [-0.2, -0.15) is 5.10 Å². The molecule has 27 heavy (non-hydrogen) atoms. The third-order valence-electron chi connectivity index (χ3n) is 5.32. The third-order valence-corrected chi connectivity index (χ3v) is 5.32. The van der Waals surface area contributed by atoms with E-state index in [0.717, 1.165) is 48.7 Å². The monoisotopic (exact) mass is 363 g/mol. The summed E-state index contributed by atoms with van der Waals surface area (Å²) >= 11 is 0. The molecule has 5 heteroatoms. The maximum Gasteiger partial charge on any atom is 0.223 e. The van der Waals surface area contributed by atoms with Gasteiger partial charge in [0.05, 0.1) is 0 Å². The highest BCUT2D eigenvalue weighted by molar-refractivity contribution is 5.76. The second-order valence-corrected chi connectivity index (χ2v) is 7.32. The number of rotatable bonds is 5. The molecular weight excluding hydrogens is 338 g/mol. The molecule has 0 spiro atoms. The number of H-pyrrole nitrogens is 1. The van der Waals surface area contributed by atoms with Crippen LogP contribution in [0.3, 0.4) is 0 Å². The maximum absolute atomic E-state index is 12.7. The maximum atomic E-state index is 12.7. The van der Waals surface area contributed by atoms with Crippen LogP contribution >= 0.6 is 0 Å². The fraction of sp³-hybridized carbons (Fsp3) is 0.364. The molecule has 1 aliphatic rings. The number of hydrogen-bond acceptors (Lipinski definition) is 3. The van der Waals surface area contributed by atoms with E-state index in [1.54, 1.807) is 6.20 Å². The fourth-order valence-electron chi connectivity index (χ4n) is 3.73. The predicted molar refractivity (Wildman–Crippen MR) is 104 cm³/mol. The van der Waals surface area contributed by atoms with Crippen LogP contribution in [0.15, 0.2) is 53.1 Å². The van der Waals surface area contributed by atoms with E-state index in [0.29, 0.717) is 18.8 Å². The first-order valence-electron chi connectivity index (χ1n) is 9.62. The number of aryl methyl sites for hydroxylation is 2. The van der Waals surface area contributed by atoms with Gasteiger partial charge in [0, 0.05) is 49.3 Å². The number of carbonyl (C=O) groups is 1. The van der Waals surface area contributed by atoms with Crippen LogP contribution in [0.2, 0.25) is 0 Å². The number of nitrogens with one attached hydrogen (secondary N) is 1. The van der Waals surface area contributed by atoms with Crippen molar-refractivity contribution in [1.29, 1.82) is 0 Å². The van der Waals surface area contributed by atoms with Crippen molar-refractivity contribution in [3.63, 3.8) is 0 Å². The molecule has 1 N–H and O–H groups in total. The van der Waals surface area contributed by atoms with E-state index in [-0.39, 0.29) is 5.91 Å². The topological polar surface area (TPSA) is 62.1 Å². The van der Waals surface area contributed by atoms with Gasteiger partial charge in [0.1, 0.15) is 11.5 Å². The molecule has 0 bridgehead atoms. The highest BCUT2D eigenvalue weighted by Gasteiger charge is 2.25. The van der Waals surface area contributed by atoms with Crippen molar-refractivity contribution in [2.24, 2.45) is 0 Å². The fourth-order valence-corrected chi connectivity index (χ4v) is 3.73. The molecule has 2 aromatic heterocycles. The highest BCUT2D eigenvalue weighted by Crippen LogP contribution is 2.26. The van der Waals surface area contributed by atoms with Crippen LogP contribution in [0.4, 0.5) is 0 Å². The lowest BCUT2D eigenvalue weighted by Gasteiger charge is -2.32. The molecule has 0 saturated carbocycles. The van der Waals surface area contributed by atoms with Gasteiger partial charge in [0.15, 0.2) is 0 Å². The number of furan rings is 1. The zero-order valence-electron chi connectivity index (χ0n) is 15.6. The zero-order valence-corrected chi connectivity index (χ0v) is 15.6. The van der Waals surface area contributed by atoms with Crippen LogP contribution in [0.1, 0.15) is 42.2 Å². The number of likely N-dealkylation sites (tertiary alicyclic amines) is 1. The average Bonchev–Trinajstić information content (AvgIpc) is 3.39. The molecule has 140 valence electrons. The molecule has 1 amide bonds. The van der Waals surface area contributed by atoms with Crippen molar-refractivity contribution in [2.45, 2.75) is 38.5 Å². The van der Waals surface area contributed by atoms with Gasteiger partial charge in [0.2, 0.25) is 5.91 Å². The number of amides is 1. The van der Waals surface area contributed by atoms with Gasteiger partial charge in [0.25, 0.3) is 0 Å². The molecule has 4 rings (SSSR count). The van der Waals surface area contributed by atoms with Gasteiger partial charge in [-0.15, -0.1) is 0 Å². The van der Waals surface area contributed by atoms with Gasteiger partial charge in [-0.05, 0) is 38.0 Å². The lowest BCUT2D eigenvalue weighted by atomic mass is 9.94. The second kappa shape index (κ2) is 7.82. The Morgan fingerprint density at radius 2 is 2.07 bits per heavy atom. The molecular formula is C22H25N3O2. The Morgan fingerprint density at radius 1 is 1.22 bits per heavy atom. The van der Waals surface area contributed by atoms with Crippen molar-refractivity contribution in [3.05, 3.63) is 65.7 Å². The third kappa shape index (κ3) is 4.13. The molecule has 5 nitrogen and oxygen atoms in total. The molecule has 0 unspecified atom stereocenters. The molecule has 0 radical (unpaired) electrons. The van der Waals surface area contributed by atoms with Crippen LogP contribution in [0.25, 0.3) is 11.3 Å². The molecule has 1 aromatic carbocycles. The minimum Gasteiger partial charge on any atom is -0.461 e. The highest BCUT2D eigenvalue weighted by atomic mass is 16.3. The smallest absolute Gasteiger partial charge is 0.223 e. The molecule has 1 saturated heterocycles. The standard InChI is InChI=1S/C22H25N3O2/c1-16-4-6-17(7-5-16)21-10-8-19(27-21)9-11-22(26)25-14-2-3-18(15-25)20-12-13-23-24-20/h4-8,10,12-13,18H,2-3,9,11,14-15H2,1H3,(H,23,24)/t18-/m1/s1.